The molecule has 0 aromatic heterocycles. The number of carbonyl (C=O) groups excluding carboxylic acids is 1. The van der Waals surface area contributed by atoms with E-state index in [9.17, 15) is 9.90 Å². The number of benzene rings is 1. The van der Waals surface area contributed by atoms with Gasteiger partial charge in [-0.25, -0.2) is 0 Å². The van der Waals surface area contributed by atoms with Crippen LogP contribution in [0, 0.1) is 6.92 Å². The molecule has 0 spiro atoms. The maximum absolute atomic E-state index is 9.92. The Morgan fingerprint density at radius 2 is 1.78 bits per heavy atom. The van der Waals surface area contributed by atoms with Gasteiger partial charge in [-0.2, -0.15) is 0 Å². The molecule has 0 saturated carbocycles. The minimum atomic E-state index is -0.920. The number of carboxylic acids is 1. The first kappa shape index (κ1) is 17.6. The van der Waals surface area contributed by atoms with E-state index in [1.165, 1.54) is 18.4 Å². The van der Waals surface area contributed by atoms with E-state index < -0.39 is 5.97 Å². The van der Waals surface area contributed by atoms with Gasteiger partial charge in [0.2, 0.25) is 0 Å². The van der Waals surface area contributed by atoms with E-state index in [1.807, 2.05) is 0 Å². The van der Waals surface area contributed by atoms with Crippen LogP contribution in [0.3, 0.4) is 0 Å². The molecule has 0 fully saturated rings. The van der Waals surface area contributed by atoms with E-state index in [0.717, 1.165) is 45.4 Å². The second kappa shape index (κ2) is 11.7. The fourth-order valence-electron chi connectivity index (χ4n) is 1.48. The molecule has 3 heteroatoms. The van der Waals surface area contributed by atoms with Crippen molar-refractivity contribution in [1.82, 2.24) is 0 Å². The van der Waals surface area contributed by atoms with Gasteiger partial charge in [0.15, 0.2) is 0 Å². The molecule has 1 aromatic carbocycles. The minimum absolute atomic E-state index is 0.226. The van der Waals surface area contributed by atoms with Crippen molar-refractivity contribution in [3.63, 3.8) is 0 Å². The molecule has 0 unspecified atom stereocenters. The second-order valence-electron chi connectivity index (χ2n) is 4.46. The Morgan fingerprint density at radius 3 is 2.22 bits per heavy atom. The number of aryl methyl sites for hydroxylation is 1. The van der Waals surface area contributed by atoms with Crippen molar-refractivity contribution in [2.45, 2.75) is 52.4 Å². The van der Waals surface area contributed by atoms with Gasteiger partial charge in [0.25, 0.3) is 0 Å². The molecule has 0 heterocycles. The van der Waals surface area contributed by atoms with E-state index in [-0.39, 0.29) is 6.42 Å². The summed E-state index contributed by atoms with van der Waals surface area (Å²) in [6.45, 7) is 4.31. The van der Waals surface area contributed by atoms with E-state index in [4.69, 9.17) is 0 Å². The average Bonchev–Trinajstić information content (AvgIpc) is 2.33. The number of carboxylic acid groups (broad SMARTS) is 1. The first-order valence-electron chi connectivity index (χ1n) is 6.65. The van der Waals surface area contributed by atoms with Crippen molar-refractivity contribution in [3.8, 4) is 0 Å². The second-order valence-corrected chi connectivity index (χ2v) is 7.42. The summed E-state index contributed by atoms with van der Waals surface area (Å²) in [7, 11) is 0. The zero-order chi connectivity index (χ0) is 13.8. The summed E-state index contributed by atoms with van der Waals surface area (Å²) in [5.74, 6) is -0.920. The van der Waals surface area contributed by atoms with Crippen molar-refractivity contribution >= 4 is 9.04 Å². The Morgan fingerprint density at radius 1 is 1.17 bits per heavy atom. The average molecular weight is 435 g/mol. The fraction of sp³-hybridized carbons (Fsp3) is 0.533. The Balaban J connectivity index is 0.000000327. The van der Waals surface area contributed by atoms with Gasteiger partial charge in [0, 0.05) is 5.97 Å². The number of aliphatic carboxylic acids is 1. The predicted octanol–water partition coefficient (Wildman–Crippen LogP) is 2.26. The summed E-state index contributed by atoms with van der Waals surface area (Å²) in [6, 6.07) is 8.57. The van der Waals surface area contributed by atoms with E-state index in [2.05, 4.69) is 38.1 Å². The van der Waals surface area contributed by atoms with Gasteiger partial charge >= 0.3 is 65.9 Å². The van der Waals surface area contributed by atoms with Crippen LogP contribution >= 0.6 is 0 Å². The summed E-state index contributed by atoms with van der Waals surface area (Å²) < 4.78 is 1.56. The zero-order valence-corrected chi connectivity index (χ0v) is 17.1. The Labute approximate surface area is 127 Å². The molecule has 0 bridgehead atoms. The molecule has 0 aliphatic carbocycles. The molecule has 96 valence electrons. The third-order valence-corrected chi connectivity index (χ3v) is 5.83. The van der Waals surface area contributed by atoms with Crippen molar-refractivity contribution < 1.29 is 36.0 Å². The van der Waals surface area contributed by atoms with E-state index >= 15 is 0 Å². The molecule has 18 heavy (non-hydrogen) atoms. The third-order valence-electron chi connectivity index (χ3n) is 2.75. The van der Waals surface area contributed by atoms with Crippen LogP contribution in [0.4, 0.5) is 0 Å². The van der Waals surface area contributed by atoms with E-state index in [0.29, 0.717) is 0 Å². The quantitative estimate of drug-likeness (QED) is 0.509. The van der Waals surface area contributed by atoms with Gasteiger partial charge in [0.05, 0.1) is 0 Å². The van der Waals surface area contributed by atoms with Crippen molar-refractivity contribution in [2.75, 3.05) is 0 Å². The molecule has 1 aromatic rings. The third kappa shape index (κ3) is 10.8. The zero-order valence-electron chi connectivity index (χ0n) is 11.6. The van der Waals surface area contributed by atoms with Gasteiger partial charge in [-0.1, -0.05) is 32.6 Å². The molecule has 0 aliphatic heterocycles. The van der Waals surface area contributed by atoms with Crippen LogP contribution in [0.1, 0.15) is 51.0 Å². The van der Waals surface area contributed by atoms with Crippen LogP contribution in [0.25, 0.3) is 0 Å². The molecule has 2 nitrogen and oxygen atoms in total. The molecule has 1 rings (SSSR count). The number of unbranched alkanes of at least 4 members (excludes halogenated alkanes) is 4. The molecule has 0 radical (unpaired) electrons. The Kier molecular flexibility index (Phi) is 11.5. The van der Waals surface area contributed by atoms with Gasteiger partial charge in [0.1, 0.15) is 0 Å². The van der Waals surface area contributed by atoms with Crippen LogP contribution < -0.4 is 8.18 Å². The first-order chi connectivity index (χ1) is 8.57. The van der Waals surface area contributed by atoms with Gasteiger partial charge in [-0.3, -0.25) is 0 Å². The summed E-state index contributed by atoms with van der Waals surface area (Å²) in [4.78, 5) is 9.92. The standard InChI is InChI=1S/C8H16O2.C7H7.Hg/c1-2-3-4-5-6-7-8(9)10;1-7-5-3-2-4-6-7;/h2-7H2,1H3,(H,9,10);2-5H,1H3;/q;;+1/p-1. The predicted molar refractivity (Wildman–Crippen MR) is 69.2 cm³/mol. The van der Waals surface area contributed by atoms with Crippen LogP contribution in [-0.2, 0) is 30.9 Å². The van der Waals surface area contributed by atoms with Crippen LogP contribution in [0.5, 0.6) is 0 Å². The molecular formula is C15H22HgO2. The van der Waals surface area contributed by atoms with Gasteiger partial charge < -0.3 is 9.90 Å². The maximum atomic E-state index is 9.92. The Bertz CT molecular complexity index is 316. The molecule has 0 saturated heterocycles. The molecule has 0 amide bonds. The van der Waals surface area contributed by atoms with Crippen LogP contribution in [-0.4, -0.2) is 5.97 Å². The summed E-state index contributed by atoms with van der Waals surface area (Å²) in [5.41, 5.74) is 1.45. The normalized spacial score (nSPS) is 9.56. The molecule has 0 atom stereocenters. The summed E-state index contributed by atoms with van der Waals surface area (Å²) in [6.07, 6.45) is 5.61. The van der Waals surface area contributed by atoms with Crippen molar-refractivity contribution in [1.29, 1.82) is 0 Å². The number of hydrogen-bond acceptors (Lipinski definition) is 2. The molecular weight excluding hydrogens is 413 g/mol. The monoisotopic (exact) mass is 436 g/mol. The summed E-state index contributed by atoms with van der Waals surface area (Å²) in [5, 5.41) is 9.92. The van der Waals surface area contributed by atoms with Crippen LogP contribution in [0.2, 0.25) is 0 Å². The van der Waals surface area contributed by atoms with Crippen molar-refractivity contribution in [3.05, 3.63) is 29.8 Å². The topological polar surface area (TPSA) is 40.1 Å². The van der Waals surface area contributed by atoms with E-state index in [1.54, 1.807) is 3.07 Å². The number of rotatable bonds is 6. The van der Waals surface area contributed by atoms with Gasteiger partial charge in [-0.05, 0) is 12.8 Å². The number of carbonyl (C=O) groups is 1. The SMILES string of the molecule is CCCCCCCC(=O)[O-].Cc1cccc[c]1[Hg+]. The van der Waals surface area contributed by atoms with Crippen molar-refractivity contribution in [2.24, 2.45) is 0 Å². The Hall–Kier alpha value is -0.375. The first-order valence-corrected chi connectivity index (χ1v) is 9.40. The van der Waals surface area contributed by atoms with Gasteiger partial charge in [-0.15, -0.1) is 0 Å². The molecule has 0 N–H and O–H groups in total. The van der Waals surface area contributed by atoms with Crippen LogP contribution in [0.15, 0.2) is 24.3 Å². The number of hydrogen-bond donors (Lipinski definition) is 0. The summed E-state index contributed by atoms with van der Waals surface area (Å²) >= 11 is 0.798. The molecule has 0 aliphatic rings. The fourth-order valence-corrected chi connectivity index (χ4v) is 2.47.